The van der Waals surface area contributed by atoms with Crippen molar-refractivity contribution >= 4 is 29.5 Å². The van der Waals surface area contributed by atoms with Crippen LogP contribution in [0.5, 0.6) is 0 Å². The molecule has 1 heterocycles. The summed E-state index contributed by atoms with van der Waals surface area (Å²) < 4.78 is 5.10. The SMILES string of the molecule is CC(C)(C)OC(=O)NCCCNc1ncc(C(=O)O)cc1Cl. The second kappa shape index (κ2) is 7.84. The number of aromatic nitrogens is 1. The van der Waals surface area contributed by atoms with E-state index in [1.54, 1.807) is 20.8 Å². The van der Waals surface area contributed by atoms with Crippen LogP contribution in [0.25, 0.3) is 0 Å². The number of carboxylic acid groups (broad SMARTS) is 1. The number of nitrogens with one attached hydrogen (secondary N) is 2. The quantitative estimate of drug-likeness (QED) is 0.694. The minimum atomic E-state index is -1.08. The third-order valence-corrected chi connectivity index (χ3v) is 2.69. The number of carboxylic acids is 1. The first-order valence-electron chi connectivity index (χ1n) is 6.78. The van der Waals surface area contributed by atoms with Crippen molar-refractivity contribution in [2.45, 2.75) is 32.8 Å². The molecule has 1 aromatic heterocycles. The van der Waals surface area contributed by atoms with Crippen LogP contribution in [0.3, 0.4) is 0 Å². The Balaban J connectivity index is 2.31. The van der Waals surface area contributed by atoms with Crippen molar-refractivity contribution in [3.05, 3.63) is 22.8 Å². The van der Waals surface area contributed by atoms with Crippen molar-refractivity contribution in [1.29, 1.82) is 0 Å². The van der Waals surface area contributed by atoms with Crippen molar-refractivity contribution < 1.29 is 19.4 Å². The lowest BCUT2D eigenvalue weighted by molar-refractivity contribution is 0.0527. The molecule has 0 fully saturated rings. The van der Waals surface area contributed by atoms with E-state index in [0.29, 0.717) is 25.3 Å². The average Bonchev–Trinajstić information content (AvgIpc) is 2.37. The molecular formula is C14H20ClN3O4. The number of anilines is 1. The Morgan fingerprint density at radius 3 is 2.59 bits per heavy atom. The maximum atomic E-state index is 11.4. The van der Waals surface area contributed by atoms with Gasteiger partial charge in [-0.25, -0.2) is 14.6 Å². The number of halogens is 1. The van der Waals surface area contributed by atoms with Gasteiger partial charge in [0, 0.05) is 19.3 Å². The summed E-state index contributed by atoms with van der Waals surface area (Å²) in [6.07, 6.45) is 1.41. The number of aromatic carboxylic acids is 1. The molecular weight excluding hydrogens is 310 g/mol. The van der Waals surface area contributed by atoms with Gasteiger partial charge in [-0.05, 0) is 33.3 Å². The van der Waals surface area contributed by atoms with Crippen LogP contribution in [-0.4, -0.2) is 40.8 Å². The molecule has 0 aromatic carbocycles. The van der Waals surface area contributed by atoms with E-state index in [1.165, 1.54) is 12.3 Å². The molecule has 0 spiro atoms. The Hall–Kier alpha value is -2.02. The monoisotopic (exact) mass is 329 g/mol. The molecule has 3 N–H and O–H groups in total. The summed E-state index contributed by atoms with van der Waals surface area (Å²) in [5.41, 5.74) is -0.492. The number of hydrogen-bond acceptors (Lipinski definition) is 5. The van der Waals surface area contributed by atoms with Crippen molar-refractivity contribution in [1.82, 2.24) is 10.3 Å². The third kappa shape index (κ3) is 6.62. The van der Waals surface area contributed by atoms with Gasteiger partial charge in [-0.3, -0.25) is 0 Å². The molecule has 0 atom stereocenters. The molecule has 0 unspecified atom stereocenters. The predicted octanol–water partition coefficient (Wildman–Crippen LogP) is 2.76. The molecule has 0 radical (unpaired) electrons. The molecule has 1 amide bonds. The van der Waals surface area contributed by atoms with Gasteiger partial charge in [-0.1, -0.05) is 11.6 Å². The molecule has 0 aliphatic rings. The van der Waals surface area contributed by atoms with Gasteiger partial charge in [-0.15, -0.1) is 0 Å². The lowest BCUT2D eigenvalue weighted by Crippen LogP contribution is -2.33. The zero-order chi connectivity index (χ0) is 16.8. The van der Waals surface area contributed by atoms with Crippen molar-refractivity contribution in [3.8, 4) is 0 Å². The summed E-state index contributed by atoms with van der Waals surface area (Å²) in [6.45, 7) is 6.34. The van der Waals surface area contributed by atoms with Gasteiger partial charge in [-0.2, -0.15) is 0 Å². The first kappa shape index (κ1) is 18.0. The van der Waals surface area contributed by atoms with Crippen molar-refractivity contribution in [2.24, 2.45) is 0 Å². The summed E-state index contributed by atoms with van der Waals surface area (Å²) in [5, 5.41) is 14.6. The first-order valence-corrected chi connectivity index (χ1v) is 7.16. The standard InChI is InChI=1S/C14H20ClN3O4/c1-14(2,3)22-13(21)17-6-4-5-16-11-10(15)7-9(8-18-11)12(19)20/h7-8H,4-6H2,1-3H3,(H,16,18)(H,17,21)(H,19,20). The van der Waals surface area contributed by atoms with E-state index < -0.39 is 17.7 Å². The second-order valence-corrected chi connectivity index (χ2v) is 5.98. The van der Waals surface area contributed by atoms with Gasteiger partial charge >= 0.3 is 12.1 Å². The minimum Gasteiger partial charge on any atom is -0.478 e. The Labute approximate surface area is 134 Å². The zero-order valence-electron chi connectivity index (χ0n) is 12.8. The van der Waals surface area contributed by atoms with Crippen LogP contribution >= 0.6 is 11.6 Å². The highest BCUT2D eigenvalue weighted by molar-refractivity contribution is 6.33. The largest absolute Gasteiger partial charge is 0.478 e. The van der Waals surface area contributed by atoms with Gasteiger partial charge in [0.25, 0.3) is 0 Å². The van der Waals surface area contributed by atoms with E-state index in [9.17, 15) is 9.59 Å². The van der Waals surface area contributed by atoms with E-state index in [4.69, 9.17) is 21.4 Å². The van der Waals surface area contributed by atoms with E-state index in [1.807, 2.05) is 0 Å². The highest BCUT2D eigenvalue weighted by atomic mass is 35.5. The topological polar surface area (TPSA) is 101 Å². The van der Waals surface area contributed by atoms with Crippen LogP contribution in [0.1, 0.15) is 37.6 Å². The maximum absolute atomic E-state index is 11.4. The lowest BCUT2D eigenvalue weighted by atomic mass is 10.2. The van der Waals surface area contributed by atoms with Crippen LogP contribution in [0.4, 0.5) is 10.6 Å². The molecule has 1 aromatic rings. The lowest BCUT2D eigenvalue weighted by Gasteiger charge is -2.19. The Kier molecular flexibility index (Phi) is 6.42. The smallest absolute Gasteiger partial charge is 0.407 e. The molecule has 0 aliphatic carbocycles. The highest BCUT2D eigenvalue weighted by Crippen LogP contribution is 2.19. The zero-order valence-corrected chi connectivity index (χ0v) is 13.5. The van der Waals surface area contributed by atoms with Gasteiger partial charge in [0.05, 0.1) is 10.6 Å². The van der Waals surface area contributed by atoms with Crippen LogP contribution in [-0.2, 0) is 4.74 Å². The molecule has 122 valence electrons. The predicted molar refractivity (Wildman–Crippen MR) is 83.5 cm³/mol. The van der Waals surface area contributed by atoms with Crippen LogP contribution in [0.15, 0.2) is 12.3 Å². The second-order valence-electron chi connectivity index (χ2n) is 5.57. The van der Waals surface area contributed by atoms with E-state index in [0.717, 1.165) is 0 Å². The number of pyridine rings is 1. The van der Waals surface area contributed by atoms with E-state index in [2.05, 4.69) is 15.6 Å². The molecule has 1 rings (SSSR count). The Morgan fingerprint density at radius 1 is 1.36 bits per heavy atom. The molecule has 22 heavy (non-hydrogen) atoms. The fourth-order valence-corrected chi connectivity index (χ4v) is 1.72. The normalized spacial score (nSPS) is 10.9. The number of amides is 1. The fourth-order valence-electron chi connectivity index (χ4n) is 1.48. The first-order chi connectivity index (χ1) is 10.2. The summed E-state index contributed by atoms with van der Waals surface area (Å²) >= 11 is 5.93. The molecule has 0 aliphatic heterocycles. The van der Waals surface area contributed by atoms with Crippen molar-refractivity contribution in [3.63, 3.8) is 0 Å². The van der Waals surface area contributed by atoms with Gasteiger partial charge in [0.1, 0.15) is 11.4 Å². The molecule has 0 bridgehead atoms. The number of carbonyl (C=O) groups is 2. The molecule has 0 saturated heterocycles. The summed E-state index contributed by atoms with van der Waals surface area (Å²) in [6, 6.07) is 1.33. The number of ether oxygens (including phenoxy) is 1. The summed E-state index contributed by atoms with van der Waals surface area (Å²) in [5.74, 6) is -0.675. The summed E-state index contributed by atoms with van der Waals surface area (Å²) in [7, 11) is 0. The Bertz CT molecular complexity index is 543. The van der Waals surface area contributed by atoms with Crippen LogP contribution in [0.2, 0.25) is 5.02 Å². The van der Waals surface area contributed by atoms with Gasteiger partial charge in [0.2, 0.25) is 0 Å². The fraction of sp³-hybridized carbons (Fsp3) is 0.500. The van der Waals surface area contributed by atoms with Crippen LogP contribution in [0, 0.1) is 0 Å². The number of alkyl carbamates (subject to hydrolysis) is 1. The van der Waals surface area contributed by atoms with Crippen LogP contribution < -0.4 is 10.6 Å². The maximum Gasteiger partial charge on any atom is 0.407 e. The van der Waals surface area contributed by atoms with Crippen molar-refractivity contribution in [2.75, 3.05) is 18.4 Å². The summed E-state index contributed by atoms with van der Waals surface area (Å²) in [4.78, 5) is 26.1. The minimum absolute atomic E-state index is 0.0298. The third-order valence-electron chi connectivity index (χ3n) is 2.40. The number of hydrogen-bond donors (Lipinski definition) is 3. The van der Waals surface area contributed by atoms with E-state index >= 15 is 0 Å². The highest BCUT2D eigenvalue weighted by Gasteiger charge is 2.15. The van der Waals surface area contributed by atoms with E-state index in [-0.39, 0.29) is 10.6 Å². The number of carbonyl (C=O) groups excluding carboxylic acids is 1. The van der Waals surface area contributed by atoms with Gasteiger partial charge in [0.15, 0.2) is 0 Å². The molecule has 8 heteroatoms. The number of rotatable bonds is 6. The Morgan fingerprint density at radius 2 is 2.05 bits per heavy atom. The molecule has 7 nitrogen and oxygen atoms in total. The average molecular weight is 330 g/mol. The van der Waals surface area contributed by atoms with Gasteiger partial charge < -0.3 is 20.5 Å². The number of nitrogens with zero attached hydrogens (tertiary/aromatic N) is 1. The molecule has 0 saturated carbocycles.